The topological polar surface area (TPSA) is 0 Å². The highest BCUT2D eigenvalue weighted by Gasteiger charge is 2.12. The molecule has 86 valence electrons. The van der Waals surface area contributed by atoms with Crippen molar-refractivity contribution in [2.45, 2.75) is 48.5 Å². The van der Waals surface area contributed by atoms with Gasteiger partial charge in [-0.25, -0.2) is 0 Å². The zero-order chi connectivity index (χ0) is 12.3. The van der Waals surface area contributed by atoms with Crippen molar-refractivity contribution in [2.75, 3.05) is 0 Å². The highest BCUT2D eigenvalue weighted by molar-refractivity contribution is 5.26. The molecule has 0 bridgehead atoms. The van der Waals surface area contributed by atoms with Crippen molar-refractivity contribution >= 4 is 0 Å². The molecule has 0 radical (unpaired) electrons. The van der Waals surface area contributed by atoms with Gasteiger partial charge in [0.2, 0.25) is 0 Å². The maximum absolute atomic E-state index is 4.07. The van der Waals surface area contributed by atoms with E-state index >= 15 is 0 Å². The van der Waals surface area contributed by atoms with E-state index in [0.717, 1.165) is 0 Å². The summed E-state index contributed by atoms with van der Waals surface area (Å²) in [6, 6.07) is 0. The second-order valence-corrected chi connectivity index (χ2v) is 6.23. The predicted molar refractivity (Wildman–Crippen MR) is 70.9 cm³/mol. The summed E-state index contributed by atoms with van der Waals surface area (Å²) in [6.07, 6.45) is 6.39. The molecule has 0 heteroatoms. The Morgan fingerprint density at radius 1 is 0.933 bits per heavy atom. The Hall–Kier alpha value is -0.780. The van der Waals surface area contributed by atoms with Crippen LogP contribution < -0.4 is 0 Å². The molecule has 0 spiro atoms. The van der Waals surface area contributed by atoms with Gasteiger partial charge >= 0.3 is 0 Å². The number of rotatable bonds is 2. The van der Waals surface area contributed by atoms with Crippen molar-refractivity contribution in [3.8, 4) is 0 Å². The van der Waals surface area contributed by atoms with E-state index in [9.17, 15) is 0 Å². The first-order valence-corrected chi connectivity index (χ1v) is 5.60. The van der Waals surface area contributed by atoms with Gasteiger partial charge in [-0.1, -0.05) is 71.9 Å². The van der Waals surface area contributed by atoms with Gasteiger partial charge in [0, 0.05) is 0 Å². The van der Waals surface area contributed by atoms with Crippen molar-refractivity contribution in [2.24, 2.45) is 10.8 Å². The SMILES string of the molecule is C=C(/C=C\C=C(/C)C(C)(C)C)C(C)(C)C. The fourth-order valence-electron chi connectivity index (χ4n) is 0.809. The van der Waals surface area contributed by atoms with E-state index in [2.05, 4.69) is 73.3 Å². The van der Waals surface area contributed by atoms with Gasteiger partial charge in [0.05, 0.1) is 0 Å². The molecular weight excluding hydrogens is 180 g/mol. The molecule has 0 N–H and O–H groups in total. The monoisotopic (exact) mass is 206 g/mol. The zero-order valence-corrected chi connectivity index (χ0v) is 11.4. The summed E-state index contributed by atoms with van der Waals surface area (Å²) in [5, 5.41) is 0. The summed E-state index contributed by atoms with van der Waals surface area (Å²) in [4.78, 5) is 0. The van der Waals surface area contributed by atoms with E-state index in [0.29, 0.717) is 0 Å². The summed E-state index contributed by atoms with van der Waals surface area (Å²) < 4.78 is 0. The maximum Gasteiger partial charge on any atom is -0.0138 e. The van der Waals surface area contributed by atoms with Gasteiger partial charge in [-0.05, 0) is 23.3 Å². The van der Waals surface area contributed by atoms with Gasteiger partial charge in [0.25, 0.3) is 0 Å². The molecule has 0 nitrogen and oxygen atoms in total. The van der Waals surface area contributed by atoms with Crippen LogP contribution in [0.2, 0.25) is 0 Å². The second-order valence-electron chi connectivity index (χ2n) is 6.23. The lowest BCUT2D eigenvalue weighted by Crippen LogP contribution is -2.06. The zero-order valence-electron chi connectivity index (χ0n) is 11.4. The molecule has 0 aliphatic rings. The van der Waals surface area contributed by atoms with Crippen molar-refractivity contribution < 1.29 is 0 Å². The molecule has 0 rings (SSSR count). The highest BCUT2D eigenvalue weighted by atomic mass is 14.2. The quantitative estimate of drug-likeness (QED) is 0.549. The lowest BCUT2D eigenvalue weighted by atomic mass is 9.86. The lowest BCUT2D eigenvalue weighted by Gasteiger charge is -2.20. The van der Waals surface area contributed by atoms with Crippen molar-refractivity contribution in [3.05, 3.63) is 36.0 Å². The van der Waals surface area contributed by atoms with E-state index in [1.807, 2.05) is 0 Å². The Kier molecular flexibility index (Phi) is 4.58. The van der Waals surface area contributed by atoms with E-state index in [1.165, 1.54) is 11.1 Å². The Balaban J connectivity index is 4.53. The van der Waals surface area contributed by atoms with Crippen LogP contribution in [-0.2, 0) is 0 Å². The van der Waals surface area contributed by atoms with Crippen LogP contribution in [0.3, 0.4) is 0 Å². The van der Waals surface area contributed by atoms with Crippen LogP contribution in [0.15, 0.2) is 36.0 Å². The largest absolute Gasteiger partial charge is 0.0953 e. The molecule has 0 saturated carbocycles. The van der Waals surface area contributed by atoms with Gasteiger partial charge in [0.1, 0.15) is 0 Å². The highest BCUT2D eigenvalue weighted by Crippen LogP contribution is 2.26. The normalized spacial score (nSPS) is 14.7. The number of allylic oxidation sites excluding steroid dienone is 5. The molecule has 0 fully saturated rings. The predicted octanol–water partition coefficient (Wildman–Crippen LogP) is 5.14. The molecule has 0 amide bonds. The van der Waals surface area contributed by atoms with E-state index in [4.69, 9.17) is 0 Å². The molecule has 0 aliphatic heterocycles. The van der Waals surface area contributed by atoms with Gasteiger partial charge in [-0.3, -0.25) is 0 Å². The van der Waals surface area contributed by atoms with Crippen LogP contribution in [0.25, 0.3) is 0 Å². The Labute approximate surface area is 95.8 Å². The molecule has 0 aromatic rings. The van der Waals surface area contributed by atoms with Gasteiger partial charge in [-0.2, -0.15) is 0 Å². The van der Waals surface area contributed by atoms with Gasteiger partial charge < -0.3 is 0 Å². The van der Waals surface area contributed by atoms with Crippen molar-refractivity contribution in [1.29, 1.82) is 0 Å². The summed E-state index contributed by atoms with van der Waals surface area (Å²) in [5.74, 6) is 0. The van der Waals surface area contributed by atoms with Crippen LogP contribution in [0.4, 0.5) is 0 Å². The number of hydrogen-bond acceptors (Lipinski definition) is 0. The third-order valence-corrected chi connectivity index (χ3v) is 2.79. The fourth-order valence-corrected chi connectivity index (χ4v) is 0.809. The molecule has 0 saturated heterocycles. The smallest absolute Gasteiger partial charge is 0.0138 e. The third kappa shape index (κ3) is 5.61. The van der Waals surface area contributed by atoms with Crippen LogP contribution in [0.5, 0.6) is 0 Å². The van der Waals surface area contributed by atoms with Crippen LogP contribution in [-0.4, -0.2) is 0 Å². The first kappa shape index (κ1) is 14.2. The van der Waals surface area contributed by atoms with Crippen molar-refractivity contribution in [3.63, 3.8) is 0 Å². The minimum Gasteiger partial charge on any atom is -0.0953 e. The Bertz CT molecular complexity index is 274. The third-order valence-electron chi connectivity index (χ3n) is 2.79. The molecule has 0 heterocycles. The van der Waals surface area contributed by atoms with Gasteiger partial charge in [-0.15, -0.1) is 0 Å². The average Bonchev–Trinajstić information content (AvgIpc) is 2.00. The summed E-state index contributed by atoms with van der Waals surface area (Å²) in [7, 11) is 0. The molecule has 0 aliphatic carbocycles. The van der Waals surface area contributed by atoms with E-state index in [1.54, 1.807) is 0 Å². The molecule has 0 aromatic carbocycles. The summed E-state index contributed by atoms with van der Waals surface area (Å²) >= 11 is 0. The van der Waals surface area contributed by atoms with Crippen LogP contribution in [0.1, 0.15) is 48.5 Å². The molecule has 0 aromatic heterocycles. The first-order chi connectivity index (χ1) is 6.55. The fraction of sp³-hybridized carbons (Fsp3) is 0.600. The first-order valence-electron chi connectivity index (χ1n) is 5.60. The standard InChI is InChI=1S/C15H26/c1-12(14(3,4)5)10-9-11-13(2)15(6,7)8/h9-11H,1H2,2-8H3/b10-9-,13-11+. The minimum atomic E-state index is 0.167. The molecule has 0 atom stereocenters. The van der Waals surface area contributed by atoms with E-state index in [-0.39, 0.29) is 10.8 Å². The molecule has 0 unspecified atom stereocenters. The van der Waals surface area contributed by atoms with Gasteiger partial charge in [0.15, 0.2) is 0 Å². The summed E-state index contributed by atoms with van der Waals surface area (Å²) in [5.41, 5.74) is 2.98. The van der Waals surface area contributed by atoms with Crippen LogP contribution >= 0.6 is 0 Å². The summed E-state index contributed by atoms with van der Waals surface area (Å²) in [6.45, 7) is 19.5. The van der Waals surface area contributed by atoms with Crippen LogP contribution in [0, 0.1) is 10.8 Å². The molecule has 15 heavy (non-hydrogen) atoms. The average molecular weight is 206 g/mol. The minimum absolute atomic E-state index is 0.167. The lowest BCUT2D eigenvalue weighted by molar-refractivity contribution is 0.504. The second kappa shape index (κ2) is 4.83. The Morgan fingerprint density at radius 2 is 1.40 bits per heavy atom. The Morgan fingerprint density at radius 3 is 1.73 bits per heavy atom. The number of hydrogen-bond donors (Lipinski definition) is 0. The maximum atomic E-state index is 4.07. The van der Waals surface area contributed by atoms with Crippen molar-refractivity contribution in [1.82, 2.24) is 0 Å². The molecular formula is C15H26. The van der Waals surface area contributed by atoms with E-state index < -0.39 is 0 Å².